The van der Waals surface area contributed by atoms with Crippen LogP contribution in [0.3, 0.4) is 0 Å². The second kappa shape index (κ2) is 10.5. The molecule has 1 saturated carbocycles. The molecule has 0 unspecified atom stereocenters. The maximum absolute atomic E-state index is 6.12. The molecule has 4 aromatic rings. The molecule has 0 spiro atoms. The smallest absolute Gasteiger partial charge is 0.134 e. The predicted molar refractivity (Wildman–Crippen MR) is 135 cm³/mol. The highest BCUT2D eigenvalue weighted by Crippen LogP contribution is 2.30. The van der Waals surface area contributed by atoms with Crippen LogP contribution >= 0.6 is 11.9 Å². The Hall–Kier alpha value is -3.35. The van der Waals surface area contributed by atoms with Gasteiger partial charge in [-0.25, -0.2) is 9.97 Å². The Balaban J connectivity index is 1.28. The van der Waals surface area contributed by atoms with Crippen LogP contribution in [-0.4, -0.2) is 16.0 Å². The highest BCUT2D eigenvalue weighted by atomic mass is 32.2. The zero-order valence-corrected chi connectivity index (χ0v) is 19.1. The van der Waals surface area contributed by atoms with Crippen molar-refractivity contribution >= 4 is 23.5 Å². The van der Waals surface area contributed by atoms with E-state index in [0.29, 0.717) is 12.6 Å². The fraction of sp³-hybridized carbons (Fsp3) is 0.185. The Kier molecular flexibility index (Phi) is 6.85. The molecule has 33 heavy (non-hydrogen) atoms. The van der Waals surface area contributed by atoms with Crippen molar-refractivity contribution in [2.75, 3.05) is 5.32 Å². The molecule has 0 amide bonds. The van der Waals surface area contributed by atoms with Gasteiger partial charge in [0.05, 0.1) is 5.69 Å². The van der Waals surface area contributed by atoms with Crippen LogP contribution in [0.15, 0.2) is 91.3 Å². The molecule has 2 N–H and O–H groups in total. The van der Waals surface area contributed by atoms with E-state index in [0.717, 1.165) is 39.8 Å². The summed E-state index contributed by atoms with van der Waals surface area (Å²) in [5, 5.41) is 3.42. The fourth-order valence-electron chi connectivity index (χ4n) is 3.44. The van der Waals surface area contributed by atoms with Crippen LogP contribution in [0, 0.1) is 0 Å². The van der Waals surface area contributed by atoms with E-state index >= 15 is 0 Å². The minimum Gasteiger partial charge on any atom is -0.488 e. The zero-order valence-electron chi connectivity index (χ0n) is 18.3. The van der Waals surface area contributed by atoms with Gasteiger partial charge in [0.2, 0.25) is 0 Å². The van der Waals surface area contributed by atoms with Gasteiger partial charge in [-0.05, 0) is 48.2 Å². The monoisotopic (exact) mass is 454 g/mol. The lowest BCUT2D eigenvalue weighted by Crippen LogP contribution is -2.05. The van der Waals surface area contributed by atoms with E-state index < -0.39 is 0 Å². The number of anilines is 2. The summed E-state index contributed by atoms with van der Waals surface area (Å²) < 4.78 is 9.61. The number of ether oxygens (including phenoxy) is 1. The minimum absolute atomic E-state index is 0.508. The second-order valence-corrected chi connectivity index (χ2v) is 8.88. The van der Waals surface area contributed by atoms with Crippen molar-refractivity contribution in [3.63, 3.8) is 0 Å². The van der Waals surface area contributed by atoms with E-state index in [1.165, 1.54) is 18.4 Å². The molecule has 1 aliphatic rings. The number of rotatable bonds is 10. The van der Waals surface area contributed by atoms with E-state index in [4.69, 9.17) is 4.74 Å². The largest absolute Gasteiger partial charge is 0.488 e. The van der Waals surface area contributed by atoms with Crippen molar-refractivity contribution in [3.8, 4) is 17.0 Å². The molecule has 1 aromatic heterocycles. The molecule has 3 aromatic carbocycles. The Labute approximate surface area is 198 Å². The van der Waals surface area contributed by atoms with Crippen molar-refractivity contribution < 1.29 is 4.74 Å². The second-order valence-electron chi connectivity index (χ2n) is 8.07. The van der Waals surface area contributed by atoms with Crippen LogP contribution in [0.4, 0.5) is 11.5 Å². The first-order valence-corrected chi connectivity index (χ1v) is 12.1. The third kappa shape index (κ3) is 6.12. The standard InChI is InChI=1S/C27H26N4OS/c1-2-7-20(8-3-1)17-32-26-12-5-4-11-24(26)25-16-27(29-19-28-25)30-23-10-6-9-21(15-23)18-33-31-22-13-14-22/h1-12,15-16,19,22,31H,13-14,17-18H2,(H,28,29,30). The first kappa shape index (κ1) is 21.5. The molecule has 1 aliphatic carbocycles. The number of aromatic nitrogens is 2. The zero-order chi connectivity index (χ0) is 22.3. The van der Waals surface area contributed by atoms with Crippen molar-refractivity contribution in [3.05, 3.63) is 102 Å². The number of hydrogen-bond acceptors (Lipinski definition) is 6. The van der Waals surface area contributed by atoms with Crippen LogP contribution in [0.2, 0.25) is 0 Å². The molecule has 5 rings (SSSR count). The van der Waals surface area contributed by atoms with Gasteiger partial charge in [0.15, 0.2) is 0 Å². The number of nitrogens with zero attached hydrogens (tertiary/aromatic N) is 2. The lowest BCUT2D eigenvalue weighted by atomic mass is 10.1. The van der Waals surface area contributed by atoms with Crippen LogP contribution in [-0.2, 0) is 12.4 Å². The van der Waals surface area contributed by atoms with Gasteiger partial charge in [-0.3, -0.25) is 4.72 Å². The normalized spacial score (nSPS) is 13.0. The lowest BCUT2D eigenvalue weighted by molar-refractivity contribution is 0.307. The van der Waals surface area contributed by atoms with Crippen molar-refractivity contribution in [2.45, 2.75) is 31.2 Å². The molecule has 5 nitrogen and oxygen atoms in total. The van der Waals surface area contributed by atoms with E-state index in [-0.39, 0.29) is 0 Å². The Morgan fingerprint density at radius 3 is 2.55 bits per heavy atom. The first-order chi connectivity index (χ1) is 16.3. The lowest BCUT2D eigenvalue weighted by Gasteiger charge is -2.12. The van der Waals surface area contributed by atoms with Crippen LogP contribution in [0.5, 0.6) is 5.75 Å². The van der Waals surface area contributed by atoms with Crippen LogP contribution < -0.4 is 14.8 Å². The summed E-state index contributed by atoms with van der Waals surface area (Å²) in [6.07, 6.45) is 4.18. The summed E-state index contributed by atoms with van der Waals surface area (Å²) >= 11 is 1.78. The van der Waals surface area contributed by atoms with Gasteiger partial charge < -0.3 is 10.1 Å². The molecule has 1 fully saturated rings. The third-order valence-corrected chi connectivity index (χ3v) is 6.31. The Morgan fingerprint density at radius 2 is 1.67 bits per heavy atom. The summed E-state index contributed by atoms with van der Waals surface area (Å²) in [6, 6.07) is 29.2. The first-order valence-electron chi connectivity index (χ1n) is 11.1. The number of nitrogens with one attached hydrogen (secondary N) is 2. The molecule has 1 heterocycles. The van der Waals surface area contributed by atoms with Crippen molar-refractivity contribution in [1.29, 1.82) is 0 Å². The fourth-order valence-corrected chi connectivity index (χ4v) is 4.34. The highest BCUT2D eigenvalue weighted by Gasteiger charge is 2.20. The number of benzene rings is 3. The summed E-state index contributed by atoms with van der Waals surface area (Å²) in [7, 11) is 0. The average molecular weight is 455 g/mol. The number of hydrogen-bond donors (Lipinski definition) is 2. The van der Waals surface area contributed by atoms with E-state index in [9.17, 15) is 0 Å². The average Bonchev–Trinajstić information content (AvgIpc) is 3.69. The van der Waals surface area contributed by atoms with Gasteiger partial charge in [0.25, 0.3) is 0 Å². The van der Waals surface area contributed by atoms with Gasteiger partial charge >= 0.3 is 0 Å². The maximum atomic E-state index is 6.12. The Bertz CT molecular complexity index is 1200. The molecular weight excluding hydrogens is 428 g/mol. The summed E-state index contributed by atoms with van der Waals surface area (Å²) in [4.78, 5) is 8.93. The maximum Gasteiger partial charge on any atom is 0.134 e. The topological polar surface area (TPSA) is 59.1 Å². The minimum atomic E-state index is 0.508. The molecule has 166 valence electrons. The predicted octanol–water partition coefficient (Wildman–Crippen LogP) is 6.37. The van der Waals surface area contributed by atoms with E-state index in [1.54, 1.807) is 18.3 Å². The van der Waals surface area contributed by atoms with Gasteiger partial charge in [-0.15, -0.1) is 0 Å². The van der Waals surface area contributed by atoms with Crippen molar-refractivity contribution in [2.24, 2.45) is 0 Å². The van der Waals surface area contributed by atoms with Gasteiger partial charge in [-0.2, -0.15) is 0 Å². The molecule has 0 bridgehead atoms. The van der Waals surface area contributed by atoms with Gasteiger partial charge in [-0.1, -0.05) is 66.5 Å². The summed E-state index contributed by atoms with van der Waals surface area (Å²) in [5.74, 6) is 2.49. The SMILES string of the molecule is c1ccc(COc2ccccc2-c2cc(Nc3cccc(CSNC4CC4)c3)ncn2)cc1. The molecular formula is C27H26N4OS. The third-order valence-electron chi connectivity index (χ3n) is 5.33. The van der Waals surface area contributed by atoms with Crippen LogP contribution in [0.25, 0.3) is 11.3 Å². The Morgan fingerprint density at radius 1 is 0.848 bits per heavy atom. The van der Waals surface area contributed by atoms with Gasteiger partial charge in [0.1, 0.15) is 24.5 Å². The summed E-state index contributed by atoms with van der Waals surface area (Å²) in [6.45, 7) is 0.508. The highest BCUT2D eigenvalue weighted by molar-refractivity contribution is 7.96. The molecule has 0 radical (unpaired) electrons. The van der Waals surface area contributed by atoms with Crippen molar-refractivity contribution in [1.82, 2.24) is 14.7 Å². The summed E-state index contributed by atoms with van der Waals surface area (Å²) in [5.41, 5.74) is 5.17. The van der Waals surface area contributed by atoms with Crippen LogP contribution in [0.1, 0.15) is 24.0 Å². The quantitative estimate of drug-likeness (QED) is 0.272. The van der Waals surface area contributed by atoms with E-state index in [2.05, 4.69) is 56.4 Å². The molecule has 0 aliphatic heterocycles. The molecule has 6 heteroatoms. The molecule has 0 saturated heterocycles. The van der Waals surface area contributed by atoms with E-state index in [1.807, 2.05) is 48.5 Å². The number of para-hydroxylation sites is 1. The van der Waals surface area contributed by atoms with Gasteiger partial charge in [0, 0.05) is 29.1 Å². The molecule has 0 atom stereocenters.